The van der Waals surface area contributed by atoms with Crippen LogP contribution in [0.4, 0.5) is 0 Å². The fraction of sp³-hybridized carbons (Fsp3) is 0.773. The number of carboxylic acid groups (broad SMARTS) is 1. The van der Waals surface area contributed by atoms with Crippen LogP contribution in [0.25, 0.3) is 0 Å². The van der Waals surface area contributed by atoms with Crippen molar-refractivity contribution in [2.75, 3.05) is 33.7 Å². The number of likely N-dealkylation sites (tertiary alicyclic amines) is 1. The smallest absolute Gasteiger partial charge is 0.293 e. The Morgan fingerprint density at radius 1 is 1.43 bits per heavy atom. The Hall–Kier alpha value is -1.77. The maximum absolute atomic E-state index is 12.2. The van der Waals surface area contributed by atoms with Gasteiger partial charge in [0.15, 0.2) is 6.29 Å². The molecule has 4 rings (SSSR count). The number of hydrogen-bond donors (Lipinski definition) is 4. The zero-order valence-electron chi connectivity index (χ0n) is 18.2. The summed E-state index contributed by atoms with van der Waals surface area (Å²) >= 11 is 0. The summed E-state index contributed by atoms with van der Waals surface area (Å²) in [6.07, 6.45) is 4.08. The molecule has 2 bridgehead atoms. The predicted octanol–water partition coefficient (Wildman–Crippen LogP) is -2.14. The van der Waals surface area contributed by atoms with Crippen LogP contribution >= 0.6 is 0 Å². The molecule has 0 radical (unpaired) electrons. The largest absolute Gasteiger partial charge is 0.545 e. The third-order valence-electron chi connectivity index (χ3n) is 9.10. The number of aldehydes is 1. The molecule has 3 fully saturated rings. The number of nitrogens with one attached hydrogen (secondary N) is 2. The molecule has 8 heteroatoms. The number of quaternary nitrogens is 1. The molecular weight excluding hydrogens is 384 g/mol. The number of guanidine groups is 1. The van der Waals surface area contributed by atoms with Crippen molar-refractivity contribution in [3.05, 3.63) is 11.1 Å². The molecule has 1 unspecified atom stereocenters. The minimum absolute atomic E-state index is 0.135. The first kappa shape index (κ1) is 21.5. The summed E-state index contributed by atoms with van der Waals surface area (Å²) in [5.74, 6) is -0.0782. The van der Waals surface area contributed by atoms with Crippen molar-refractivity contribution in [1.82, 2.24) is 5.32 Å². The van der Waals surface area contributed by atoms with Crippen molar-refractivity contribution >= 4 is 18.2 Å². The third kappa shape index (κ3) is 2.47. The van der Waals surface area contributed by atoms with E-state index in [4.69, 9.17) is 5.73 Å². The van der Waals surface area contributed by atoms with Crippen LogP contribution in [-0.4, -0.2) is 62.7 Å². The summed E-state index contributed by atoms with van der Waals surface area (Å²) in [6.45, 7) is 4.60. The lowest BCUT2D eigenvalue weighted by atomic mass is 9.45. The van der Waals surface area contributed by atoms with Crippen molar-refractivity contribution in [3.63, 3.8) is 0 Å². The molecule has 1 saturated heterocycles. The molecule has 2 saturated carbocycles. The van der Waals surface area contributed by atoms with E-state index < -0.39 is 17.0 Å². The Morgan fingerprint density at radius 2 is 2.17 bits per heavy atom. The van der Waals surface area contributed by atoms with Gasteiger partial charge in [-0.25, -0.2) is 4.99 Å². The molecule has 0 aromatic rings. The Labute approximate surface area is 177 Å². The van der Waals surface area contributed by atoms with Crippen molar-refractivity contribution in [3.8, 4) is 0 Å². The summed E-state index contributed by atoms with van der Waals surface area (Å²) in [6, 6.07) is 0. The standard InChI is InChI=1S/C22H34N4O4/c1-13-4-5-14-8-16-17(18(28)29)20(30,12-27)10-21(13,16)22(14)11-26(19(23)25-3)7-6-15(22)9-24-2/h12-15,24,30H,4-11H2,1-3H3,(H2,23,25)(H,28,29)/t13-,14-,15-,20+,21+,22-/m1/s1. The van der Waals surface area contributed by atoms with E-state index in [2.05, 4.69) is 17.2 Å². The lowest BCUT2D eigenvalue weighted by molar-refractivity contribution is -0.828. The fourth-order valence-corrected chi connectivity index (χ4v) is 8.11. The number of carbonyl (C=O) groups excluding carboxylic acids is 2. The second-order valence-electron chi connectivity index (χ2n) is 9.93. The van der Waals surface area contributed by atoms with Gasteiger partial charge in [-0.05, 0) is 57.0 Å². The van der Waals surface area contributed by atoms with Crippen molar-refractivity contribution in [2.24, 2.45) is 39.3 Å². The summed E-state index contributed by atoms with van der Waals surface area (Å²) in [7, 11) is 3.64. The van der Waals surface area contributed by atoms with Gasteiger partial charge in [-0.3, -0.25) is 9.69 Å². The molecule has 7 atom stereocenters. The highest BCUT2D eigenvalue weighted by Gasteiger charge is 2.75. The Kier molecular flexibility index (Phi) is 5.11. The van der Waals surface area contributed by atoms with Crippen LogP contribution in [0.5, 0.6) is 0 Å². The number of aliphatic imine (C=N–C) groups is 1. The molecule has 2 spiro atoms. The van der Waals surface area contributed by atoms with Crippen LogP contribution in [0.3, 0.4) is 0 Å². The quantitative estimate of drug-likeness (QED) is 0.234. The predicted molar refractivity (Wildman–Crippen MR) is 109 cm³/mol. The zero-order chi connectivity index (χ0) is 21.9. The number of nitrogens with zero attached hydrogens (tertiary/aromatic N) is 1. The molecule has 166 valence electrons. The average Bonchev–Trinajstić information content (AvgIpc) is 3.07. The van der Waals surface area contributed by atoms with Crippen molar-refractivity contribution in [2.45, 2.75) is 44.6 Å². The highest BCUT2D eigenvalue weighted by molar-refractivity contribution is 5.96. The van der Waals surface area contributed by atoms with E-state index >= 15 is 0 Å². The first-order valence-corrected chi connectivity index (χ1v) is 11.1. The van der Waals surface area contributed by atoms with E-state index in [0.717, 1.165) is 49.4 Å². The van der Waals surface area contributed by atoms with Crippen LogP contribution in [0.15, 0.2) is 16.1 Å². The third-order valence-corrected chi connectivity index (χ3v) is 9.10. The van der Waals surface area contributed by atoms with Gasteiger partial charge in [0.1, 0.15) is 5.60 Å². The van der Waals surface area contributed by atoms with Crippen LogP contribution in [-0.2, 0) is 9.59 Å². The normalized spacial score (nSPS) is 45.7. The van der Waals surface area contributed by atoms with Crippen LogP contribution in [0, 0.1) is 28.6 Å². The van der Waals surface area contributed by atoms with Crippen LogP contribution in [0.1, 0.15) is 39.0 Å². The number of rotatable bonds is 4. The molecule has 4 aliphatic rings. The second kappa shape index (κ2) is 7.14. The SMILES string of the molecule is CN=C(N)[NH+]1CC[C@H](CNC)[C@@]2(C1)[C@@H]1CC[C@@H](C)[C@]23C[C@](O)(C=O)C(C(=O)[O-])=C3C1. The minimum Gasteiger partial charge on any atom is -0.545 e. The average molecular weight is 419 g/mol. The second-order valence-corrected chi connectivity index (χ2v) is 9.93. The van der Waals surface area contributed by atoms with Gasteiger partial charge in [0.05, 0.1) is 19.1 Å². The summed E-state index contributed by atoms with van der Waals surface area (Å²) in [4.78, 5) is 29.5. The number of aliphatic hydroxyl groups is 1. The summed E-state index contributed by atoms with van der Waals surface area (Å²) < 4.78 is 0. The van der Waals surface area contributed by atoms with E-state index in [-0.39, 0.29) is 23.3 Å². The van der Waals surface area contributed by atoms with E-state index in [0.29, 0.717) is 30.5 Å². The highest BCUT2D eigenvalue weighted by Crippen LogP contribution is 2.76. The lowest BCUT2D eigenvalue weighted by Crippen LogP contribution is -3.19. The highest BCUT2D eigenvalue weighted by atomic mass is 16.4. The van der Waals surface area contributed by atoms with E-state index in [1.54, 1.807) is 7.05 Å². The van der Waals surface area contributed by atoms with Gasteiger partial charge < -0.3 is 26.1 Å². The number of hydrogen-bond acceptors (Lipinski definition) is 6. The van der Waals surface area contributed by atoms with E-state index in [9.17, 15) is 19.8 Å². The van der Waals surface area contributed by atoms with Crippen LogP contribution in [0.2, 0.25) is 0 Å². The zero-order valence-corrected chi connectivity index (χ0v) is 18.2. The number of carboxylic acids is 1. The molecule has 0 aromatic carbocycles. The molecule has 1 heterocycles. The van der Waals surface area contributed by atoms with Gasteiger partial charge in [-0.1, -0.05) is 12.5 Å². The van der Waals surface area contributed by atoms with Gasteiger partial charge in [0, 0.05) is 29.9 Å². The van der Waals surface area contributed by atoms with E-state index in [1.165, 1.54) is 0 Å². The maximum Gasteiger partial charge on any atom is 0.293 e. The fourth-order valence-electron chi connectivity index (χ4n) is 8.11. The molecule has 0 amide bonds. The summed E-state index contributed by atoms with van der Waals surface area (Å²) in [5.41, 5.74) is 4.10. The Bertz CT molecular complexity index is 826. The lowest BCUT2D eigenvalue weighted by Gasteiger charge is -2.60. The van der Waals surface area contributed by atoms with Crippen molar-refractivity contribution in [1.29, 1.82) is 0 Å². The number of allylic oxidation sites excluding steroid dienone is 1. The van der Waals surface area contributed by atoms with Crippen molar-refractivity contribution < 1.29 is 24.7 Å². The minimum atomic E-state index is -1.98. The van der Waals surface area contributed by atoms with Gasteiger partial charge >= 0.3 is 0 Å². The van der Waals surface area contributed by atoms with Gasteiger partial charge in [0.25, 0.3) is 5.96 Å². The number of nitrogens with two attached hydrogens (primary N) is 1. The number of piperidine rings is 1. The molecule has 0 aromatic heterocycles. The van der Waals surface area contributed by atoms with Crippen LogP contribution < -0.4 is 21.1 Å². The topological polar surface area (TPSA) is 132 Å². The van der Waals surface area contributed by atoms with Gasteiger partial charge in [0.2, 0.25) is 0 Å². The molecule has 8 nitrogen and oxygen atoms in total. The molecule has 30 heavy (non-hydrogen) atoms. The molecule has 1 aliphatic heterocycles. The molecule has 3 aliphatic carbocycles. The molecular formula is C22H34N4O4. The van der Waals surface area contributed by atoms with E-state index in [1.807, 2.05) is 7.05 Å². The monoisotopic (exact) mass is 418 g/mol. The number of aliphatic carboxylic acids is 1. The Morgan fingerprint density at radius 3 is 2.77 bits per heavy atom. The first-order valence-electron chi connectivity index (χ1n) is 11.1. The molecule has 5 N–H and O–H groups in total. The maximum atomic E-state index is 12.2. The number of carbonyl (C=O) groups is 2. The summed E-state index contributed by atoms with van der Waals surface area (Å²) in [5, 5.41) is 26.7. The Balaban J connectivity index is 1.97. The van der Waals surface area contributed by atoms with Gasteiger partial charge in [-0.15, -0.1) is 0 Å². The van der Waals surface area contributed by atoms with Gasteiger partial charge in [-0.2, -0.15) is 0 Å². The first-order chi connectivity index (χ1) is 14.2.